The van der Waals surface area contributed by atoms with Gasteiger partial charge < -0.3 is 14.6 Å². The van der Waals surface area contributed by atoms with Crippen LogP contribution in [0.2, 0.25) is 0 Å². The number of carbonyl (C=O) groups is 2. The second kappa shape index (κ2) is 5.48. The molecule has 1 aromatic heterocycles. The van der Waals surface area contributed by atoms with Crippen molar-refractivity contribution in [3.63, 3.8) is 0 Å². The topological polar surface area (TPSA) is 79.6 Å². The van der Waals surface area contributed by atoms with E-state index in [0.29, 0.717) is 0 Å². The van der Waals surface area contributed by atoms with Gasteiger partial charge in [-0.2, -0.15) is 0 Å². The Kier molecular flexibility index (Phi) is 4.25. The normalized spacial score (nSPS) is 11.9. The average Bonchev–Trinajstić information content (AvgIpc) is 2.30. The third-order valence-electron chi connectivity index (χ3n) is 2.79. The zero-order chi connectivity index (χ0) is 13.9. The lowest BCUT2D eigenvalue weighted by Gasteiger charge is -2.21. The van der Waals surface area contributed by atoms with Crippen molar-refractivity contribution in [2.75, 3.05) is 7.05 Å². The summed E-state index contributed by atoms with van der Waals surface area (Å²) in [5.41, 5.74) is 0.538. The van der Waals surface area contributed by atoms with E-state index in [4.69, 9.17) is 5.11 Å². The first kappa shape index (κ1) is 14.0. The highest BCUT2D eigenvalue weighted by atomic mass is 16.4. The molecular formula is C12H16N2O4. The van der Waals surface area contributed by atoms with Gasteiger partial charge >= 0.3 is 5.97 Å². The molecule has 0 spiro atoms. The van der Waals surface area contributed by atoms with E-state index in [-0.39, 0.29) is 12.1 Å². The molecule has 0 aliphatic carbocycles. The third kappa shape index (κ3) is 3.19. The Labute approximate surface area is 104 Å². The van der Waals surface area contributed by atoms with Crippen molar-refractivity contribution < 1.29 is 14.7 Å². The number of aromatic nitrogens is 1. The minimum absolute atomic E-state index is 0.159. The number of carbonyl (C=O) groups excluding carboxylic acids is 1. The Morgan fingerprint density at radius 2 is 2.11 bits per heavy atom. The SMILES string of the molecule is Cc1ccn(CC(=O)N(C)C(C)C(=O)O)c(=O)c1. The standard InChI is InChI=1S/C12H16N2O4/c1-8-4-5-14(10(15)6-8)7-11(16)13(3)9(2)12(17)18/h4-6,9H,7H2,1-3H3,(H,17,18). The van der Waals surface area contributed by atoms with Gasteiger partial charge in [0.05, 0.1) is 0 Å². The summed E-state index contributed by atoms with van der Waals surface area (Å²) in [5, 5.41) is 8.80. The molecule has 0 aliphatic rings. The number of amides is 1. The third-order valence-corrected chi connectivity index (χ3v) is 2.79. The van der Waals surface area contributed by atoms with Gasteiger partial charge in [-0.3, -0.25) is 9.59 Å². The molecule has 0 aromatic carbocycles. The fourth-order valence-electron chi connectivity index (χ4n) is 1.38. The lowest BCUT2D eigenvalue weighted by Crippen LogP contribution is -2.42. The van der Waals surface area contributed by atoms with Gasteiger partial charge in [0.15, 0.2) is 0 Å². The number of hydrogen-bond donors (Lipinski definition) is 1. The molecule has 18 heavy (non-hydrogen) atoms. The van der Waals surface area contributed by atoms with Crippen LogP contribution >= 0.6 is 0 Å². The van der Waals surface area contributed by atoms with Crippen molar-refractivity contribution >= 4 is 11.9 Å². The maximum Gasteiger partial charge on any atom is 0.326 e. The van der Waals surface area contributed by atoms with Crippen LogP contribution in [0.15, 0.2) is 23.1 Å². The molecule has 1 amide bonds. The van der Waals surface area contributed by atoms with E-state index in [2.05, 4.69) is 0 Å². The molecule has 0 radical (unpaired) electrons. The molecule has 0 saturated carbocycles. The highest BCUT2D eigenvalue weighted by Crippen LogP contribution is 1.99. The van der Waals surface area contributed by atoms with Gasteiger partial charge in [0.2, 0.25) is 5.91 Å². The van der Waals surface area contributed by atoms with E-state index in [1.807, 2.05) is 0 Å². The number of aryl methyl sites for hydroxylation is 1. The average molecular weight is 252 g/mol. The predicted molar refractivity (Wildman–Crippen MR) is 65.3 cm³/mol. The zero-order valence-electron chi connectivity index (χ0n) is 10.6. The first-order chi connectivity index (χ1) is 8.32. The quantitative estimate of drug-likeness (QED) is 0.823. The molecule has 1 aromatic rings. The second-order valence-electron chi connectivity index (χ2n) is 4.19. The van der Waals surface area contributed by atoms with Crippen LogP contribution in [0, 0.1) is 6.92 Å². The number of nitrogens with zero attached hydrogens (tertiary/aromatic N) is 2. The van der Waals surface area contributed by atoms with E-state index in [9.17, 15) is 14.4 Å². The molecule has 1 rings (SSSR count). The van der Waals surface area contributed by atoms with Crippen molar-refractivity contribution in [1.29, 1.82) is 0 Å². The zero-order valence-corrected chi connectivity index (χ0v) is 10.6. The summed E-state index contributed by atoms with van der Waals surface area (Å²) in [6, 6.07) is 2.22. The minimum atomic E-state index is -1.08. The van der Waals surface area contributed by atoms with Crippen molar-refractivity contribution in [2.45, 2.75) is 26.4 Å². The Morgan fingerprint density at radius 3 is 2.61 bits per heavy atom. The smallest absolute Gasteiger partial charge is 0.326 e. The molecule has 0 fully saturated rings. The van der Waals surface area contributed by atoms with Crippen molar-refractivity contribution in [3.05, 3.63) is 34.2 Å². The largest absolute Gasteiger partial charge is 0.480 e. The summed E-state index contributed by atoms with van der Waals surface area (Å²) in [6.45, 7) is 3.04. The maximum atomic E-state index is 11.8. The molecule has 1 N–H and O–H groups in total. The highest BCUT2D eigenvalue weighted by Gasteiger charge is 2.21. The Balaban J connectivity index is 2.82. The summed E-state index contributed by atoms with van der Waals surface area (Å²) in [4.78, 5) is 35.2. The van der Waals surface area contributed by atoms with Gasteiger partial charge in [0.25, 0.3) is 5.56 Å². The molecule has 1 atom stereocenters. The van der Waals surface area contributed by atoms with E-state index < -0.39 is 17.9 Å². The van der Waals surface area contributed by atoms with E-state index >= 15 is 0 Å². The van der Waals surface area contributed by atoms with Crippen molar-refractivity contribution in [1.82, 2.24) is 9.47 Å². The van der Waals surface area contributed by atoms with Gasteiger partial charge in [-0.15, -0.1) is 0 Å². The highest BCUT2D eigenvalue weighted by molar-refractivity contribution is 5.83. The van der Waals surface area contributed by atoms with Crippen LogP contribution in [-0.4, -0.2) is 39.5 Å². The van der Waals surface area contributed by atoms with Crippen LogP contribution in [-0.2, 0) is 16.1 Å². The van der Waals surface area contributed by atoms with Crippen molar-refractivity contribution in [3.8, 4) is 0 Å². The molecule has 6 nitrogen and oxygen atoms in total. The van der Waals surface area contributed by atoms with Crippen LogP contribution in [0.4, 0.5) is 0 Å². The monoisotopic (exact) mass is 252 g/mol. The Bertz CT molecular complexity index is 521. The summed E-state index contributed by atoms with van der Waals surface area (Å²) < 4.78 is 1.25. The second-order valence-corrected chi connectivity index (χ2v) is 4.19. The Hall–Kier alpha value is -2.11. The molecule has 98 valence electrons. The maximum absolute atomic E-state index is 11.8. The molecule has 1 unspecified atom stereocenters. The first-order valence-corrected chi connectivity index (χ1v) is 5.48. The predicted octanol–water partition coefficient (Wildman–Crippen LogP) is 0.0882. The molecule has 0 aliphatic heterocycles. The fraction of sp³-hybridized carbons (Fsp3) is 0.417. The summed E-state index contributed by atoms with van der Waals surface area (Å²) >= 11 is 0. The molecule has 6 heteroatoms. The number of hydrogen-bond acceptors (Lipinski definition) is 3. The molecular weight excluding hydrogens is 236 g/mol. The number of carboxylic acids is 1. The lowest BCUT2D eigenvalue weighted by atomic mass is 10.3. The number of pyridine rings is 1. The van der Waals surface area contributed by atoms with Crippen LogP contribution in [0.3, 0.4) is 0 Å². The van der Waals surface area contributed by atoms with E-state index in [0.717, 1.165) is 10.5 Å². The first-order valence-electron chi connectivity index (χ1n) is 5.48. The molecule has 0 saturated heterocycles. The lowest BCUT2D eigenvalue weighted by molar-refractivity contribution is -0.148. The van der Waals surface area contributed by atoms with Crippen LogP contribution < -0.4 is 5.56 Å². The fourth-order valence-corrected chi connectivity index (χ4v) is 1.38. The van der Waals surface area contributed by atoms with Gasteiger partial charge in [-0.1, -0.05) is 0 Å². The summed E-state index contributed by atoms with van der Waals surface area (Å²) in [7, 11) is 1.40. The number of rotatable bonds is 4. The van der Waals surface area contributed by atoms with Gasteiger partial charge in [-0.25, -0.2) is 4.79 Å². The number of aliphatic carboxylic acids is 1. The van der Waals surface area contributed by atoms with E-state index in [1.165, 1.54) is 30.8 Å². The summed E-state index contributed by atoms with van der Waals surface area (Å²) in [6.07, 6.45) is 1.52. The van der Waals surface area contributed by atoms with Crippen molar-refractivity contribution in [2.24, 2.45) is 0 Å². The van der Waals surface area contributed by atoms with Crippen LogP contribution in [0.25, 0.3) is 0 Å². The number of carboxylic acid groups (broad SMARTS) is 1. The summed E-state index contributed by atoms with van der Waals surface area (Å²) in [5.74, 6) is -1.50. The van der Waals surface area contributed by atoms with Gasteiger partial charge in [0, 0.05) is 19.3 Å². The Morgan fingerprint density at radius 1 is 1.50 bits per heavy atom. The van der Waals surface area contributed by atoms with Crippen LogP contribution in [0.1, 0.15) is 12.5 Å². The van der Waals surface area contributed by atoms with Gasteiger partial charge in [0.1, 0.15) is 12.6 Å². The minimum Gasteiger partial charge on any atom is -0.480 e. The van der Waals surface area contributed by atoms with E-state index in [1.54, 1.807) is 13.0 Å². The van der Waals surface area contributed by atoms with Gasteiger partial charge in [-0.05, 0) is 25.5 Å². The number of likely N-dealkylation sites (N-methyl/N-ethyl adjacent to an activating group) is 1. The van der Waals surface area contributed by atoms with Crippen LogP contribution in [0.5, 0.6) is 0 Å². The molecule has 0 bridgehead atoms. The molecule has 1 heterocycles.